The molecule has 1 aliphatic heterocycles. The van der Waals surface area contributed by atoms with Gasteiger partial charge in [-0.15, -0.1) is 0 Å². The highest BCUT2D eigenvalue weighted by Gasteiger charge is 2.33. The van der Waals surface area contributed by atoms with E-state index >= 15 is 0 Å². The molecule has 1 saturated heterocycles. The molecule has 0 saturated carbocycles. The van der Waals surface area contributed by atoms with E-state index in [9.17, 15) is 0 Å². The van der Waals surface area contributed by atoms with Crippen LogP contribution in [-0.4, -0.2) is 25.2 Å². The van der Waals surface area contributed by atoms with Gasteiger partial charge in [-0.05, 0) is 58.4 Å². The summed E-state index contributed by atoms with van der Waals surface area (Å²) in [6.45, 7) is 7.96. The first-order chi connectivity index (χ1) is 8.03. The first kappa shape index (κ1) is 12.4. The quantitative estimate of drug-likeness (QED) is 0.843. The van der Waals surface area contributed by atoms with E-state index in [0.717, 1.165) is 6.54 Å². The second kappa shape index (κ2) is 4.69. The van der Waals surface area contributed by atoms with Crippen LogP contribution in [0.1, 0.15) is 32.3 Å². The molecule has 0 aromatic heterocycles. The number of hydrogen-bond donors (Lipinski definition) is 1. The van der Waals surface area contributed by atoms with Crippen LogP contribution in [0.15, 0.2) is 24.3 Å². The first-order valence-electron chi connectivity index (χ1n) is 6.54. The molecule has 0 bridgehead atoms. The van der Waals surface area contributed by atoms with Crippen molar-refractivity contribution < 1.29 is 0 Å². The monoisotopic (exact) mass is 232 g/mol. The van der Waals surface area contributed by atoms with Gasteiger partial charge in [0.25, 0.3) is 0 Å². The summed E-state index contributed by atoms with van der Waals surface area (Å²) in [7, 11) is 2.07. The fraction of sp³-hybridized carbons (Fsp3) is 0.600. The number of nitrogens with one attached hydrogen (secondary N) is 1. The third kappa shape index (κ3) is 2.63. The van der Waals surface area contributed by atoms with Crippen molar-refractivity contribution >= 4 is 5.69 Å². The van der Waals surface area contributed by atoms with Crippen LogP contribution in [-0.2, 0) is 0 Å². The van der Waals surface area contributed by atoms with Crippen LogP contribution in [0, 0.1) is 6.92 Å². The van der Waals surface area contributed by atoms with E-state index in [4.69, 9.17) is 0 Å². The van der Waals surface area contributed by atoms with Crippen molar-refractivity contribution in [1.29, 1.82) is 0 Å². The minimum atomic E-state index is 0.265. The molecule has 17 heavy (non-hydrogen) atoms. The molecule has 94 valence electrons. The zero-order valence-corrected chi connectivity index (χ0v) is 11.5. The minimum absolute atomic E-state index is 0.265. The predicted molar refractivity (Wildman–Crippen MR) is 74.7 cm³/mol. The second-order valence-corrected chi connectivity index (χ2v) is 5.79. The molecule has 1 aliphatic rings. The fourth-order valence-corrected chi connectivity index (χ4v) is 2.71. The number of likely N-dealkylation sites (N-methyl/N-ethyl adjacent to an activating group) is 1. The van der Waals surface area contributed by atoms with Crippen LogP contribution >= 0.6 is 0 Å². The highest BCUT2D eigenvalue weighted by Crippen LogP contribution is 2.32. The number of hydrogen-bond acceptors (Lipinski definition) is 2. The SMILES string of the molecule is CNC1CCC(C)(C)N(c2cccc(C)c2)C1. The van der Waals surface area contributed by atoms with Gasteiger partial charge in [0, 0.05) is 23.8 Å². The zero-order chi connectivity index (χ0) is 12.5. The van der Waals surface area contributed by atoms with E-state index in [2.05, 4.69) is 62.3 Å². The maximum Gasteiger partial charge on any atom is 0.0373 e. The number of benzene rings is 1. The van der Waals surface area contributed by atoms with Crippen molar-refractivity contribution in [2.24, 2.45) is 0 Å². The molecule has 1 aromatic rings. The van der Waals surface area contributed by atoms with Gasteiger partial charge in [0.05, 0.1) is 0 Å². The van der Waals surface area contributed by atoms with Crippen molar-refractivity contribution in [3.8, 4) is 0 Å². The van der Waals surface area contributed by atoms with E-state index in [-0.39, 0.29) is 5.54 Å². The molecule has 1 N–H and O–H groups in total. The molecule has 0 spiro atoms. The third-order valence-electron chi connectivity index (χ3n) is 3.96. The molecule has 2 rings (SSSR count). The smallest absolute Gasteiger partial charge is 0.0373 e. The van der Waals surface area contributed by atoms with Crippen LogP contribution in [0.4, 0.5) is 5.69 Å². The first-order valence-corrected chi connectivity index (χ1v) is 6.54. The van der Waals surface area contributed by atoms with E-state index in [1.165, 1.54) is 24.1 Å². The Kier molecular flexibility index (Phi) is 3.43. The molecule has 2 nitrogen and oxygen atoms in total. The van der Waals surface area contributed by atoms with Gasteiger partial charge in [-0.2, -0.15) is 0 Å². The molecular weight excluding hydrogens is 208 g/mol. The summed E-state index contributed by atoms with van der Waals surface area (Å²) in [4.78, 5) is 2.55. The van der Waals surface area contributed by atoms with Gasteiger partial charge >= 0.3 is 0 Å². The van der Waals surface area contributed by atoms with Crippen molar-refractivity contribution in [3.63, 3.8) is 0 Å². The Bertz CT molecular complexity index is 384. The lowest BCUT2D eigenvalue weighted by Gasteiger charge is -2.47. The Balaban J connectivity index is 2.27. The maximum atomic E-state index is 3.41. The standard InChI is InChI=1S/C15H24N2/c1-12-6-5-7-14(10-12)17-11-13(16-4)8-9-15(17,2)3/h5-7,10,13,16H,8-9,11H2,1-4H3. The highest BCUT2D eigenvalue weighted by atomic mass is 15.2. The van der Waals surface area contributed by atoms with Crippen molar-refractivity contribution in [1.82, 2.24) is 5.32 Å². The summed E-state index contributed by atoms with van der Waals surface area (Å²) in [6.07, 6.45) is 2.51. The largest absolute Gasteiger partial charge is 0.365 e. The Hall–Kier alpha value is -1.02. The molecule has 1 atom stereocenters. The number of aryl methyl sites for hydroxylation is 1. The van der Waals surface area contributed by atoms with Crippen LogP contribution < -0.4 is 10.2 Å². The summed E-state index contributed by atoms with van der Waals surface area (Å²) in [5, 5.41) is 3.41. The molecule has 1 aromatic carbocycles. The van der Waals surface area contributed by atoms with E-state index in [1.54, 1.807) is 0 Å². The number of piperidine rings is 1. The van der Waals surface area contributed by atoms with Gasteiger partial charge in [-0.25, -0.2) is 0 Å². The predicted octanol–water partition coefficient (Wildman–Crippen LogP) is 2.96. The highest BCUT2D eigenvalue weighted by molar-refractivity contribution is 5.51. The summed E-state index contributed by atoms with van der Waals surface area (Å²) < 4.78 is 0. The van der Waals surface area contributed by atoms with E-state index in [0.29, 0.717) is 6.04 Å². The van der Waals surface area contributed by atoms with E-state index < -0.39 is 0 Å². The van der Waals surface area contributed by atoms with Gasteiger partial charge in [0.1, 0.15) is 0 Å². The summed E-state index contributed by atoms with van der Waals surface area (Å²) in [5.41, 5.74) is 2.96. The number of rotatable bonds is 2. The van der Waals surface area contributed by atoms with Crippen molar-refractivity contribution in [2.75, 3.05) is 18.5 Å². The van der Waals surface area contributed by atoms with Crippen LogP contribution in [0.3, 0.4) is 0 Å². The number of nitrogens with zero attached hydrogens (tertiary/aromatic N) is 1. The Morgan fingerprint density at radius 3 is 2.76 bits per heavy atom. The Labute approximate surface area is 105 Å². The van der Waals surface area contributed by atoms with Gasteiger partial charge in [-0.1, -0.05) is 12.1 Å². The fourth-order valence-electron chi connectivity index (χ4n) is 2.71. The van der Waals surface area contributed by atoms with Crippen molar-refractivity contribution in [3.05, 3.63) is 29.8 Å². The minimum Gasteiger partial charge on any atom is -0.365 e. The topological polar surface area (TPSA) is 15.3 Å². The third-order valence-corrected chi connectivity index (χ3v) is 3.96. The van der Waals surface area contributed by atoms with Gasteiger partial charge in [0.15, 0.2) is 0 Å². The molecule has 1 fully saturated rings. The van der Waals surface area contributed by atoms with Crippen LogP contribution in [0.2, 0.25) is 0 Å². The van der Waals surface area contributed by atoms with Gasteiger partial charge in [-0.3, -0.25) is 0 Å². The maximum absolute atomic E-state index is 3.41. The zero-order valence-electron chi connectivity index (χ0n) is 11.5. The molecule has 1 heterocycles. The second-order valence-electron chi connectivity index (χ2n) is 5.79. The van der Waals surface area contributed by atoms with Crippen LogP contribution in [0.25, 0.3) is 0 Å². The van der Waals surface area contributed by atoms with E-state index in [1.807, 2.05) is 0 Å². The van der Waals surface area contributed by atoms with Crippen LogP contribution in [0.5, 0.6) is 0 Å². The molecule has 0 amide bonds. The summed E-state index contributed by atoms with van der Waals surface area (Å²) in [5.74, 6) is 0. The lowest BCUT2D eigenvalue weighted by atomic mass is 9.87. The van der Waals surface area contributed by atoms with Gasteiger partial charge < -0.3 is 10.2 Å². The average molecular weight is 232 g/mol. The average Bonchev–Trinajstić information content (AvgIpc) is 2.29. The molecule has 1 unspecified atom stereocenters. The number of anilines is 1. The van der Waals surface area contributed by atoms with Gasteiger partial charge in [0.2, 0.25) is 0 Å². The lowest BCUT2D eigenvalue weighted by Crippen LogP contribution is -2.55. The normalized spacial score (nSPS) is 23.8. The summed E-state index contributed by atoms with van der Waals surface area (Å²) >= 11 is 0. The molecular formula is C15H24N2. The lowest BCUT2D eigenvalue weighted by molar-refractivity contribution is 0.313. The molecule has 0 radical (unpaired) electrons. The molecule has 2 heteroatoms. The Morgan fingerprint density at radius 2 is 2.12 bits per heavy atom. The summed E-state index contributed by atoms with van der Waals surface area (Å²) in [6, 6.07) is 9.45. The molecule has 0 aliphatic carbocycles. The Morgan fingerprint density at radius 1 is 1.35 bits per heavy atom. The van der Waals surface area contributed by atoms with Crippen molar-refractivity contribution in [2.45, 2.75) is 45.2 Å².